The van der Waals surface area contributed by atoms with E-state index in [2.05, 4.69) is 0 Å². The van der Waals surface area contributed by atoms with Crippen molar-refractivity contribution < 1.29 is 27.8 Å². The molecular formula is C28H24FNO6. The first kappa shape index (κ1) is 23.6. The first-order valence-corrected chi connectivity index (χ1v) is 11.6. The summed E-state index contributed by atoms with van der Waals surface area (Å²) in [6.45, 7) is 5.12. The van der Waals surface area contributed by atoms with Crippen LogP contribution in [0.2, 0.25) is 0 Å². The Balaban J connectivity index is 1.42. The summed E-state index contributed by atoms with van der Waals surface area (Å²) in [6.07, 6.45) is 0. The van der Waals surface area contributed by atoms with Crippen LogP contribution in [0.4, 0.5) is 4.39 Å². The lowest BCUT2D eigenvalue weighted by molar-refractivity contribution is 0.0526. The van der Waals surface area contributed by atoms with Gasteiger partial charge in [0.2, 0.25) is 11.2 Å². The second-order valence-electron chi connectivity index (χ2n) is 8.47. The number of halogens is 1. The summed E-state index contributed by atoms with van der Waals surface area (Å²) in [4.78, 5) is 27.3. The van der Waals surface area contributed by atoms with E-state index in [9.17, 15) is 14.0 Å². The Morgan fingerprint density at radius 3 is 2.53 bits per heavy atom. The van der Waals surface area contributed by atoms with Crippen LogP contribution in [-0.4, -0.2) is 24.2 Å². The van der Waals surface area contributed by atoms with Crippen molar-refractivity contribution in [1.82, 2.24) is 4.90 Å². The lowest BCUT2D eigenvalue weighted by Crippen LogP contribution is -2.31. The molecule has 0 aliphatic carbocycles. The number of aryl methyl sites for hydroxylation is 1. The van der Waals surface area contributed by atoms with Crippen molar-refractivity contribution in [1.29, 1.82) is 0 Å². The van der Waals surface area contributed by atoms with Crippen molar-refractivity contribution in [3.8, 4) is 17.2 Å². The van der Waals surface area contributed by atoms with Crippen molar-refractivity contribution >= 4 is 16.9 Å². The Morgan fingerprint density at radius 2 is 1.81 bits per heavy atom. The summed E-state index contributed by atoms with van der Waals surface area (Å²) in [5, 5.41) is 0.379. The fourth-order valence-electron chi connectivity index (χ4n) is 4.16. The molecule has 0 N–H and O–H groups in total. The van der Waals surface area contributed by atoms with Gasteiger partial charge in [0.15, 0.2) is 0 Å². The fourth-order valence-corrected chi connectivity index (χ4v) is 4.16. The second-order valence-corrected chi connectivity index (χ2v) is 8.47. The number of esters is 1. The summed E-state index contributed by atoms with van der Waals surface area (Å²) < 4.78 is 36.1. The van der Waals surface area contributed by atoms with Crippen LogP contribution in [0, 0.1) is 12.7 Å². The summed E-state index contributed by atoms with van der Waals surface area (Å²) in [5.74, 6) is 0.742. The van der Waals surface area contributed by atoms with Gasteiger partial charge in [-0.05, 0) is 67.9 Å². The van der Waals surface area contributed by atoms with E-state index in [0.29, 0.717) is 53.6 Å². The van der Waals surface area contributed by atoms with Crippen LogP contribution in [0.25, 0.3) is 11.0 Å². The van der Waals surface area contributed by atoms with Gasteiger partial charge in [0.25, 0.3) is 0 Å². The molecule has 0 radical (unpaired) electrons. The quantitative estimate of drug-likeness (QED) is 0.328. The molecule has 0 spiro atoms. The molecule has 0 fully saturated rings. The highest BCUT2D eigenvalue weighted by Crippen LogP contribution is 2.34. The molecule has 3 aromatic carbocycles. The van der Waals surface area contributed by atoms with Gasteiger partial charge in [0.1, 0.15) is 35.4 Å². The fraction of sp³-hybridized carbons (Fsp3) is 0.214. The maximum atomic E-state index is 13.4. The zero-order chi connectivity index (χ0) is 25.2. The third kappa shape index (κ3) is 4.67. The third-order valence-electron chi connectivity index (χ3n) is 5.93. The zero-order valence-corrected chi connectivity index (χ0v) is 19.9. The van der Waals surface area contributed by atoms with E-state index >= 15 is 0 Å². The third-order valence-corrected chi connectivity index (χ3v) is 5.93. The van der Waals surface area contributed by atoms with Gasteiger partial charge < -0.3 is 18.6 Å². The average Bonchev–Trinajstić information content (AvgIpc) is 2.88. The summed E-state index contributed by atoms with van der Waals surface area (Å²) in [6, 6.07) is 16.1. The molecule has 1 aliphatic rings. The van der Waals surface area contributed by atoms with E-state index in [1.807, 2.05) is 4.90 Å². The van der Waals surface area contributed by atoms with Crippen LogP contribution >= 0.6 is 0 Å². The van der Waals surface area contributed by atoms with Crippen molar-refractivity contribution in [2.75, 3.05) is 13.3 Å². The van der Waals surface area contributed by atoms with Crippen LogP contribution in [0.3, 0.4) is 0 Å². The molecule has 0 bridgehead atoms. The second kappa shape index (κ2) is 9.83. The van der Waals surface area contributed by atoms with Crippen LogP contribution in [0.1, 0.15) is 34.2 Å². The van der Waals surface area contributed by atoms with E-state index in [4.69, 9.17) is 18.6 Å². The van der Waals surface area contributed by atoms with Crippen molar-refractivity contribution in [3.05, 3.63) is 99.2 Å². The lowest BCUT2D eigenvalue weighted by Gasteiger charge is -2.29. The van der Waals surface area contributed by atoms with E-state index in [1.54, 1.807) is 62.4 Å². The molecule has 0 saturated heterocycles. The van der Waals surface area contributed by atoms with Crippen LogP contribution in [0.5, 0.6) is 17.2 Å². The first-order chi connectivity index (χ1) is 17.4. The highest BCUT2D eigenvalue weighted by molar-refractivity contribution is 5.89. The lowest BCUT2D eigenvalue weighted by atomic mass is 10.1. The maximum Gasteiger partial charge on any atom is 0.338 e. The Morgan fingerprint density at radius 1 is 1.06 bits per heavy atom. The molecule has 1 aliphatic heterocycles. The Kier molecular flexibility index (Phi) is 6.43. The molecule has 5 rings (SSSR count). The van der Waals surface area contributed by atoms with E-state index < -0.39 is 5.97 Å². The molecule has 7 nitrogen and oxygen atoms in total. The minimum atomic E-state index is -0.425. The van der Waals surface area contributed by atoms with Gasteiger partial charge in [0.05, 0.1) is 23.1 Å². The predicted octanol–water partition coefficient (Wildman–Crippen LogP) is 5.56. The maximum absolute atomic E-state index is 13.4. The Labute approximate surface area is 206 Å². The monoisotopic (exact) mass is 489 g/mol. The summed E-state index contributed by atoms with van der Waals surface area (Å²) in [7, 11) is 0. The van der Waals surface area contributed by atoms with Crippen molar-refractivity contribution in [2.24, 2.45) is 0 Å². The summed E-state index contributed by atoms with van der Waals surface area (Å²) >= 11 is 0. The Bertz CT molecular complexity index is 1480. The number of hydrogen-bond donors (Lipinski definition) is 0. The number of rotatable bonds is 6. The molecule has 184 valence electrons. The largest absolute Gasteiger partial charge is 0.478 e. The minimum Gasteiger partial charge on any atom is -0.478 e. The van der Waals surface area contributed by atoms with E-state index in [0.717, 1.165) is 11.1 Å². The van der Waals surface area contributed by atoms with E-state index in [1.165, 1.54) is 12.1 Å². The number of ether oxygens (including phenoxy) is 3. The van der Waals surface area contributed by atoms with Gasteiger partial charge in [-0.1, -0.05) is 12.1 Å². The molecular weight excluding hydrogens is 465 g/mol. The van der Waals surface area contributed by atoms with Crippen LogP contribution in [-0.2, 0) is 17.8 Å². The van der Waals surface area contributed by atoms with E-state index in [-0.39, 0.29) is 23.6 Å². The van der Waals surface area contributed by atoms with Gasteiger partial charge in [-0.3, -0.25) is 9.69 Å². The number of carbonyl (C=O) groups is 1. The topological polar surface area (TPSA) is 78.2 Å². The van der Waals surface area contributed by atoms with Gasteiger partial charge >= 0.3 is 5.97 Å². The molecule has 36 heavy (non-hydrogen) atoms. The van der Waals surface area contributed by atoms with Crippen LogP contribution in [0.15, 0.2) is 69.9 Å². The molecule has 0 atom stereocenters. The first-order valence-electron chi connectivity index (χ1n) is 11.6. The Hall–Kier alpha value is -4.17. The average molecular weight is 489 g/mol. The molecule has 2 heterocycles. The molecule has 4 aromatic rings. The number of benzene rings is 3. The number of fused-ring (bicyclic) bond motifs is 3. The van der Waals surface area contributed by atoms with Crippen molar-refractivity contribution in [2.45, 2.75) is 26.9 Å². The molecule has 0 amide bonds. The minimum absolute atomic E-state index is 0.0752. The predicted molar refractivity (Wildman–Crippen MR) is 131 cm³/mol. The van der Waals surface area contributed by atoms with Gasteiger partial charge in [-0.15, -0.1) is 0 Å². The molecule has 1 aromatic heterocycles. The SMILES string of the molecule is CCOC(=O)c1ccc(Oc2c(C)oc3c4c(ccc3c2=O)OCN(Cc2ccc(F)cc2)C4)cc1. The normalized spacial score (nSPS) is 13.2. The molecule has 0 saturated carbocycles. The standard InChI is InChI=1S/C28H24FNO6/c1-3-33-28(32)19-6-10-21(11-7-19)36-26-17(2)35-27-22(25(26)31)12-13-24-23(27)15-30(16-34-24)14-18-4-8-20(29)9-5-18/h4-13H,3,14-16H2,1-2H3. The van der Waals surface area contributed by atoms with Gasteiger partial charge in [0, 0.05) is 13.1 Å². The number of carbonyl (C=O) groups excluding carboxylic acids is 1. The number of nitrogens with zero attached hydrogens (tertiary/aromatic N) is 1. The summed E-state index contributed by atoms with van der Waals surface area (Å²) in [5.41, 5.74) is 2.26. The zero-order valence-electron chi connectivity index (χ0n) is 19.9. The smallest absolute Gasteiger partial charge is 0.338 e. The highest BCUT2D eigenvalue weighted by atomic mass is 19.1. The molecule has 0 unspecified atom stereocenters. The number of hydrogen-bond acceptors (Lipinski definition) is 7. The van der Waals surface area contributed by atoms with Crippen LogP contribution < -0.4 is 14.9 Å². The van der Waals surface area contributed by atoms with Crippen molar-refractivity contribution in [3.63, 3.8) is 0 Å². The highest BCUT2D eigenvalue weighted by Gasteiger charge is 2.24. The van der Waals surface area contributed by atoms with Gasteiger partial charge in [-0.2, -0.15) is 0 Å². The molecule has 8 heteroatoms. The van der Waals surface area contributed by atoms with Gasteiger partial charge in [-0.25, -0.2) is 9.18 Å².